The minimum atomic E-state index is 0.621. The molecule has 10 heavy (non-hydrogen) atoms. The average Bonchev–Trinajstić information content (AvgIpc) is 1.93. The second kappa shape index (κ2) is 2.49. The molecule has 0 fully saturated rings. The molecule has 0 saturated carbocycles. The van der Waals surface area contributed by atoms with Gasteiger partial charge < -0.3 is 4.90 Å². The van der Waals surface area contributed by atoms with E-state index in [1.165, 1.54) is 11.3 Å². The van der Waals surface area contributed by atoms with Gasteiger partial charge in [-0.05, 0) is 31.5 Å². The van der Waals surface area contributed by atoms with Gasteiger partial charge in [0.1, 0.15) is 0 Å². The van der Waals surface area contributed by atoms with Crippen LogP contribution in [-0.4, -0.2) is 11.9 Å². The van der Waals surface area contributed by atoms with E-state index in [9.17, 15) is 0 Å². The summed E-state index contributed by atoms with van der Waals surface area (Å²) in [6.07, 6.45) is 4.36. The van der Waals surface area contributed by atoms with Crippen LogP contribution in [0.4, 0.5) is 0 Å². The zero-order chi connectivity index (χ0) is 7.72. The van der Waals surface area contributed by atoms with Gasteiger partial charge >= 0.3 is 0 Å². The van der Waals surface area contributed by atoms with Crippen LogP contribution >= 0.6 is 0 Å². The highest BCUT2D eigenvalue weighted by molar-refractivity contribution is 5.21. The molecule has 1 unspecified atom stereocenters. The summed E-state index contributed by atoms with van der Waals surface area (Å²) in [5.41, 5.74) is 2.86. The first-order chi connectivity index (χ1) is 4.63. The molecule has 1 atom stereocenters. The minimum Gasteiger partial charge on any atom is -0.355 e. The molecule has 0 aliphatic carbocycles. The molecule has 0 N–H and O–H groups in total. The SMILES string of the molecule is CC1=C(C)N(C)C=CC1C. The summed E-state index contributed by atoms with van der Waals surface area (Å²) in [6.45, 7) is 6.58. The summed E-state index contributed by atoms with van der Waals surface area (Å²) in [7, 11) is 2.08. The number of hydrogen-bond donors (Lipinski definition) is 0. The zero-order valence-electron chi connectivity index (χ0n) is 7.18. The maximum Gasteiger partial charge on any atom is 0.0135 e. The van der Waals surface area contributed by atoms with Crippen LogP contribution in [0.5, 0.6) is 0 Å². The van der Waals surface area contributed by atoms with Crippen LogP contribution in [0.2, 0.25) is 0 Å². The Labute approximate surface area is 63.0 Å². The number of nitrogens with zero attached hydrogens (tertiary/aromatic N) is 1. The lowest BCUT2D eigenvalue weighted by atomic mass is 9.98. The topological polar surface area (TPSA) is 3.24 Å². The molecule has 56 valence electrons. The van der Waals surface area contributed by atoms with Gasteiger partial charge in [-0.25, -0.2) is 0 Å². The van der Waals surface area contributed by atoms with Gasteiger partial charge in [-0.3, -0.25) is 0 Å². The van der Waals surface area contributed by atoms with Gasteiger partial charge in [-0.1, -0.05) is 13.0 Å². The smallest absolute Gasteiger partial charge is 0.0135 e. The van der Waals surface area contributed by atoms with Gasteiger partial charge in [-0.2, -0.15) is 0 Å². The number of allylic oxidation sites excluding steroid dienone is 3. The van der Waals surface area contributed by atoms with Crippen LogP contribution in [0, 0.1) is 5.92 Å². The lowest BCUT2D eigenvalue weighted by Crippen LogP contribution is -2.16. The van der Waals surface area contributed by atoms with Gasteiger partial charge in [-0.15, -0.1) is 0 Å². The van der Waals surface area contributed by atoms with E-state index < -0.39 is 0 Å². The van der Waals surface area contributed by atoms with Crippen LogP contribution in [0.25, 0.3) is 0 Å². The Morgan fingerprint density at radius 3 is 2.50 bits per heavy atom. The summed E-state index contributed by atoms with van der Waals surface area (Å²) in [5, 5.41) is 0. The molecule has 0 aromatic carbocycles. The van der Waals surface area contributed by atoms with E-state index in [1.807, 2.05) is 0 Å². The predicted octanol–water partition coefficient (Wildman–Crippen LogP) is 2.38. The number of rotatable bonds is 0. The fourth-order valence-corrected chi connectivity index (χ4v) is 1.12. The third kappa shape index (κ3) is 1.08. The lowest BCUT2D eigenvalue weighted by molar-refractivity contribution is 0.526. The van der Waals surface area contributed by atoms with E-state index >= 15 is 0 Å². The zero-order valence-corrected chi connectivity index (χ0v) is 7.18. The van der Waals surface area contributed by atoms with Crippen molar-refractivity contribution in [1.82, 2.24) is 4.90 Å². The second-order valence-corrected chi connectivity index (χ2v) is 3.01. The highest BCUT2D eigenvalue weighted by Gasteiger charge is 2.10. The van der Waals surface area contributed by atoms with Crippen LogP contribution < -0.4 is 0 Å². The van der Waals surface area contributed by atoms with E-state index in [0.29, 0.717) is 5.92 Å². The van der Waals surface area contributed by atoms with Crippen molar-refractivity contribution in [3.8, 4) is 0 Å². The second-order valence-electron chi connectivity index (χ2n) is 3.01. The largest absolute Gasteiger partial charge is 0.355 e. The third-order valence-electron chi connectivity index (χ3n) is 2.38. The van der Waals surface area contributed by atoms with Gasteiger partial charge in [0.25, 0.3) is 0 Å². The maximum absolute atomic E-state index is 2.22. The summed E-state index contributed by atoms with van der Waals surface area (Å²) in [4.78, 5) is 2.16. The molecule has 1 rings (SSSR count). The predicted molar refractivity (Wildman–Crippen MR) is 44.4 cm³/mol. The van der Waals surface area contributed by atoms with E-state index in [1.54, 1.807) is 0 Å². The Bertz CT molecular complexity index is 169. The van der Waals surface area contributed by atoms with Gasteiger partial charge in [0, 0.05) is 12.7 Å². The van der Waals surface area contributed by atoms with Gasteiger partial charge in [0.2, 0.25) is 0 Å². The monoisotopic (exact) mass is 137 g/mol. The molecule has 1 nitrogen and oxygen atoms in total. The summed E-state index contributed by atoms with van der Waals surface area (Å²) in [6, 6.07) is 0. The fraction of sp³-hybridized carbons (Fsp3) is 0.556. The quantitative estimate of drug-likeness (QED) is 0.495. The molecule has 0 bridgehead atoms. The van der Waals surface area contributed by atoms with Crippen molar-refractivity contribution in [1.29, 1.82) is 0 Å². The van der Waals surface area contributed by atoms with Crippen LogP contribution in [0.3, 0.4) is 0 Å². The van der Waals surface area contributed by atoms with Crippen molar-refractivity contribution in [2.24, 2.45) is 5.92 Å². The van der Waals surface area contributed by atoms with Gasteiger partial charge in [0.05, 0.1) is 0 Å². The molecule has 1 heterocycles. The number of hydrogen-bond acceptors (Lipinski definition) is 1. The Kier molecular flexibility index (Phi) is 1.84. The lowest BCUT2D eigenvalue weighted by Gasteiger charge is -2.25. The first kappa shape index (κ1) is 7.39. The molecule has 1 heteroatoms. The van der Waals surface area contributed by atoms with E-state index in [0.717, 1.165) is 0 Å². The van der Waals surface area contributed by atoms with Crippen molar-refractivity contribution in [3.63, 3.8) is 0 Å². The van der Waals surface area contributed by atoms with Crippen molar-refractivity contribution in [2.75, 3.05) is 7.05 Å². The Hall–Kier alpha value is -0.720. The maximum atomic E-state index is 2.22. The standard InChI is InChI=1S/C9H15N/c1-7-5-6-10(4)9(3)8(7)2/h5-7H,1-4H3. The first-order valence-corrected chi connectivity index (χ1v) is 3.71. The Morgan fingerprint density at radius 2 is 2.00 bits per heavy atom. The summed E-state index contributed by atoms with van der Waals surface area (Å²) in [5.74, 6) is 0.621. The average molecular weight is 137 g/mol. The van der Waals surface area contributed by atoms with Crippen molar-refractivity contribution < 1.29 is 0 Å². The van der Waals surface area contributed by atoms with Crippen molar-refractivity contribution >= 4 is 0 Å². The van der Waals surface area contributed by atoms with Crippen molar-refractivity contribution in [3.05, 3.63) is 23.5 Å². The minimum absolute atomic E-state index is 0.621. The van der Waals surface area contributed by atoms with Crippen molar-refractivity contribution in [2.45, 2.75) is 20.8 Å². The molecule has 0 amide bonds. The first-order valence-electron chi connectivity index (χ1n) is 3.71. The molecule has 0 radical (unpaired) electrons. The normalized spacial score (nSPS) is 26.0. The molecular weight excluding hydrogens is 122 g/mol. The molecule has 0 aromatic rings. The summed E-state index contributed by atoms with van der Waals surface area (Å²) >= 11 is 0. The summed E-state index contributed by atoms with van der Waals surface area (Å²) < 4.78 is 0. The van der Waals surface area contributed by atoms with E-state index in [2.05, 4.69) is 45.0 Å². The highest BCUT2D eigenvalue weighted by atomic mass is 15.1. The highest BCUT2D eigenvalue weighted by Crippen LogP contribution is 2.22. The molecule has 0 aromatic heterocycles. The molecule has 0 spiro atoms. The Balaban J connectivity index is 2.88. The van der Waals surface area contributed by atoms with Crippen LogP contribution in [-0.2, 0) is 0 Å². The van der Waals surface area contributed by atoms with Crippen LogP contribution in [0.1, 0.15) is 20.8 Å². The van der Waals surface area contributed by atoms with Crippen LogP contribution in [0.15, 0.2) is 23.5 Å². The third-order valence-corrected chi connectivity index (χ3v) is 2.38. The molecule has 1 aliphatic heterocycles. The molecule has 0 saturated heterocycles. The fourth-order valence-electron chi connectivity index (χ4n) is 1.12. The molecular formula is C9H15N. The van der Waals surface area contributed by atoms with E-state index in [4.69, 9.17) is 0 Å². The molecule has 1 aliphatic rings. The van der Waals surface area contributed by atoms with E-state index in [-0.39, 0.29) is 0 Å². The van der Waals surface area contributed by atoms with Gasteiger partial charge in [0.15, 0.2) is 0 Å². The Morgan fingerprint density at radius 1 is 1.40 bits per heavy atom.